The molecule has 1 aromatic carbocycles. The van der Waals surface area contributed by atoms with Crippen molar-refractivity contribution in [2.45, 2.75) is 26.7 Å². The second kappa shape index (κ2) is 10.3. The molecule has 0 aliphatic carbocycles. The standard InChI is InChI=1S/C22H27N5O/c1-3-23-22(25-14-11-19-6-4-5-13-24-19)26-15-12-20-16-28-21(27-20)18-9-7-17(2)8-10-18/h4-10,13,16H,3,11-12,14-15H2,1-2H3,(H2,23,25,26). The Morgan fingerprint density at radius 3 is 2.64 bits per heavy atom. The van der Waals surface area contributed by atoms with Crippen LogP contribution in [0.4, 0.5) is 0 Å². The van der Waals surface area contributed by atoms with Crippen LogP contribution in [0.1, 0.15) is 23.9 Å². The van der Waals surface area contributed by atoms with Crippen molar-refractivity contribution in [3.05, 3.63) is 71.9 Å². The molecule has 0 saturated heterocycles. The molecule has 2 aromatic heterocycles. The zero-order chi connectivity index (χ0) is 19.6. The summed E-state index contributed by atoms with van der Waals surface area (Å²) in [5.41, 5.74) is 4.19. The number of hydrogen-bond donors (Lipinski definition) is 2. The smallest absolute Gasteiger partial charge is 0.226 e. The summed E-state index contributed by atoms with van der Waals surface area (Å²) in [6, 6.07) is 14.1. The summed E-state index contributed by atoms with van der Waals surface area (Å²) in [4.78, 5) is 13.5. The molecule has 6 nitrogen and oxygen atoms in total. The van der Waals surface area contributed by atoms with Crippen LogP contribution in [-0.4, -0.2) is 35.6 Å². The Morgan fingerprint density at radius 1 is 1.04 bits per heavy atom. The molecule has 2 heterocycles. The Morgan fingerprint density at radius 2 is 1.89 bits per heavy atom. The van der Waals surface area contributed by atoms with Gasteiger partial charge in [-0.25, -0.2) is 4.98 Å². The van der Waals surface area contributed by atoms with E-state index in [1.165, 1.54) is 5.56 Å². The lowest BCUT2D eigenvalue weighted by molar-refractivity contribution is 0.572. The molecule has 0 bridgehead atoms. The van der Waals surface area contributed by atoms with E-state index in [2.05, 4.69) is 51.6 Å². The average Bonchev–Trinajstić information content (AvgIpc) is 3.18. The van der Waals surface area contributed by atoms with E-state index in [-0.39, 0.29) is 0 Å². The van der Waals surface area contributed by atoms with Gasteiger partial charge < -0.3 is 15.1 Å². The molecule has 2 N–H and O–H groups in total. The van der Waals surface area contributed by atoms with Gasteiger partial charge in [0.1, 0.15) is 6.26 Å². The molecule has 146 valence electrons. The van der Waals surface area contributed by atoms with E-state index >= 15 is 0 Å². The van der Waals surface area contributed by atoms with Crippen molar-refractivity contribution in [1.82, 2.24) is 20.6 Å². The van der Waals surface area contributed by atoms with E-state index in [9.17, 15) is 0 Å². The van der Waals surface area contributed by atoms with E-state index in [1.54, 1.807) is 6.26 Å². The number of guanidine groups is 1. The summed E-state index contributed by atoms with van der Waals surface area (Å²) in [5, 5.41) is 6.61. The van der Waals surface area contributed by atoms with Gasteiger partial charge in [0.2, 0.25) is 5.89 Å². The summed E-state index contributed by atoms with van der Waals surface area (Å²) in [6.45, 7) is 6.36. The van der Waals surface area contributed by atoms with Gasteiger partial charge in [-0.05, 0) is 38.1 Å². The van der Waals surface area contributed by atoms with Gasteiger partial charge in [-0.1, -0.05) is 23.8 Å². The molecule has 0 amide bonds. The third-order valence-corrected chi connectivity index (χ3v) is 4.23. The highest BCUT2D eigenvalue weighted by molar-refractivity contribution is 5.79. The minimum atomic E-state index is 0.658. The van der Waals surface area contributed by atoms with Crippen molar-refractivity contribution in [3.8, 4) is 11.5 Å². The van der Waals surface area contributed by atoms with Crippen LogP contribution >= 0.6 is 0 Å². The molecule has 3 rings (SSSR count). The lowest BCUT2D eigenvalue weighted by Crippen LogP contribution is -2.38. The molecule has 6 heteroatoms. The third kappa shape index (κ3) is 5.94. The molecule has 0 atom stereocenters. The minimum absolute atomic E-state index is 0.658. The number of aromatic nitrogens is 2. The number of nitrogens with one attached hydrogen (secondary N) is 2. The van der Waals surface area contributed by atoms with Crippen LogP contribution in [0.2, 0.25) is 0 Å². The van der Waals surface area contributed by atoms with Crippen molar-refractivity contribution < 1.29 is 4.42 Å². The van der Waals surface area contributed by atoms with Crippen LogP contribution in [0.25, 0.3) is 11.5 Å². The fourth-order valence-electron chi connectivity index (χ4n) is 2.73. The molecule has 0 fully saturated rings. The fraction of sp³-hybridized carbons (Fsp3) is 0.318. The summed E-state index contributed by atoms with van der Waals surface area (Å²) in [7, 11) is 0. The quantitative estimate of drug-likeness (QED) is 0.465. The predicted octanol–water partition coefficient (Wildman–Crippen LogP) is 3.39. The summed E-state index contributed by atoms with van der Waals surface area (Å²) in [5.74, 6) is 1.46. The van der Waals surface area contributed by atoms with Crippen LogP contribution in [-0.2, 0) is 12.8 Å². The Hall–Kier alpha value is -3.15. The number of benzene rings is 1. The van der Waals surface area contributed by atoms with E-state index in [0.29, 0.717) is 12.4 Å². The number of hydrogen-bond acceptors (Lipinski definition) is 4. The van der Waals surface area contributed by atoms with Crippen molar-refractivity contribution in [1.29, 1.82) is 0 Å². The number of aliphatic imine (C=N–C) groups is 1. The summed E-state index contributed by atoms with van der Waals surface area (Å²) in [6.07, 6.45) is 5.12. The lowest BCUT2D eigenvalue weighted by Gasteiger charge is -2.10. The Labute approximate surface area is 166 Å². The van der Waals surface area contributed by atoms with Gasteiger partial charge >= 0.3 is 0 Å². The van der Waals surface area contributed by atoms with Gasteiger partial charge in [0.15, 0.2) is 5.96 Å². The zero-order valence-electron chi connectivity index (χ0n) is 16.5. The second-order valence-corrected chi connectivity index (χ2v) is 6.52. The van der Waals surface area contributed by atoms with Crippen LogP contribution in [0.15, 0.2) is 64.3 Å². The zero-order valence-corrected chi connectivity index (χ0v) is 16.5. The molecule has 3 aromatic rings. The van der Waals surface area contributed by atoms with E-state index in [4.69, 9.17) is 4.42 Å². The van der Waals surface area contributed by atoms with Gasteiger partial charge in [0.05, 0.1) is 5.69 Å². The first-order valence-corrected chi connectivity index (χ1v) is 9.68. The SMILES string of the molecule is CCNC(=NCCc1ccccn1)NCCc1coc(-c2ccc(C)cc2)n1. The molecular formula is C22H27N5O. The fourth-order valence-corrected chi connectivity index (χ4v) is 2.73. The third-order valence-electron chi connectivity index (χ3n) is 4.23. The molecule has 0 radical (unpaired) electrons. The van der Waals surface area contributed by atoms with Gasteiger partial charge in [-0.3, -0.25) is 9.98 Å². The summed E-state index contributed by atoms with van der Waals surface area (Å²) >= 11 is 0. The first-order valence-electron chi connectivity index (χ1n) is 9.68. The van der Waals surface area contributed by atoms with E-state index in [1.807, 2.05) is 36.5 Å². The van der Waals surface area contributed by atoms with Crippen molar-refractivity contribution in [2.75, 3.05) is 19.6 Å². The van der Waals surface area contributed by atoms with Crippen molar-refractivity contribution >= 4 is 5.96 Å². The highest BCUT2D eigenvalue weighted by Gasteiger charge is 2.07. The first kappa shape index (κ1) is 19.6. The molecule has 0 aliphatic heterocycles. The van der Waals surface area contributed by atoms with Crippen LogP contribution in [0, 0.1) is 6.92 Å². The van der Waals surface area contributed by atoms with Gasteiger partial charge in [-0.15, -0.1) is 0 Å². The maximum atomic E-state index is 5.62. The van der Waals surface area contributed by atoms with Crippen molar-refractivity contribution in [3.63, 3.8) is 0 Å². The van der Waals surface area contributed by atoms with Crippen LogP contribution in [0.5, 0.6) is 0 Å². The number of nitrogens with zero attached hydrogens (tertiary/aromatic N) is 3. The average molecular weight is 377 g/mol. The van der Waals surface area contributed by atoms with Gasteiger partial charge in [0.25, 0.3) is 0 Å². The molecule has 0 unspecified atom stereocenters. The normalized spacial score (nSPS) is 11.4. The molecule has 28 heavy (non-hydrogen) atoms. The number of pyridine rings is 1. The highest BCUT2D eigenvalue weighted by Crippen LogP contribution is 2.19. The predicted molar refractivity (Wildman–Crippen MR) is 112 cm³/mol. The monoisotopic (exact) mass is 377 g/mol. The van der Waals surface area contributed by atoms with Crippen molar-refractivity contribution in [2.24, 2.45) is 4.99 Å². The summed E-state index contributed by atoms with van der Waals surface area (Å²) < 4.78 is 5.62. The number of aryl methyl sites for hydroxylation is 1. The van der Waals surface area contributed by atoms with Gasteiger partial charge in [-0.2, -0.15) is 0 Å². The molecule has 0 spiro atoms. The Balaban J connectivity index is 1.49. The number of oxazole rings is 1. The van der Waals surface area contributed by atoms with Crippen LogP contribution in [0.3, 0.4) is 0 Å². The Bertz CT molecular complexity index is 871. The minimum Gasteiger partial charge on any atom is -0.444 e. The second-order valence-electron chi connectivity index (χ2n) is 6.52. The topological polar surface area (TPSA) is 75.3 Å². The lowest BCUT2D eigenvalue weighted by atomic mass is 10.1. The first-order chi connectivity index (χ1) is 13.7. The largest absolute Gasteiger partial charge is 0.444 e. The van der Waals surface area contributed by atoms with E-state index < -0.39 is 0 Å². The Kier molecular flexibility index (Phi) is 7.18. The highest BCUT2D eigenvalue weighted by atomic mass is 16.3. The maximum Gasteiger partial charge on any atom is 0.226 e. The van der Waals surface area contributed by atoms with Crippen LogP contribution < -0.4 is 10.6 Å². The molecule has 0 aliphatic rings. The maximum absolute atomic E-state index is 5.62. The molecular weight excluding hydrogens is 350 g/mol. The number of rotatable bonds is 8. The van der Waals surface area contributed by atoms with E-state index in [0.717, 1.165) is 48.8 Å². The van der Waals surface area contributed by atoms with Gasteiger partial charge in [0, 0.05) is 49.9 Å². The molecule has 0 saturated carbocycles.